The molecule has 0 radical (unpaired) electrons. The maximum atomic E-state index is 10.2. The molecule has 6 nitrogen and oxygen atoms in total. The number of para-hydroxylation sites is 1. The molecule has 4 aromatic rings. The molecule has 2 aromatic carbocycles. The van der Waals surface area contributed by atoms with Gasteiger partial charge in [-0.2, -0.15) is 9.61 Å². The van der Waals surface area contributed by atoms with E-state index in [0.717, 1.165) is 21.6 Å². The van der Waals surface area contributed by atoms with Crippen LogP contribution in [0, 0.1) is 0 Å². The number of halogens is 1. The Kier molecular flexibility index (Phi) is 4.68. The van der Waals surface area contributed by atoms with Crippen LogP contribution in [0.25, 0.3) is 16.9 Å². The molecule has 0 saturated carbocycles. The predicted octanol–water partition coefficient (Wildman–Crippen LogP) is 4.49. The minimum atomic E-state index is 0.184. The van der Waals surface area contributed by atoms with Gasteiger partial charge >= 0.3 is 0 Å². The largest absolute Gasteiger partial charge is 0.507 e. The number of methoxy groups -OCH3 is 1. The molecule has 0 aliphatic rings. The molecule has 4 rings (SSSR count). The molecule has 2 N–H and O–H groups in total. The van der Waals surface area contributed by atoms with Crippen LogP contribution in [0.1, 0.15) is 5.56 Å². The van der Waals surface area contributed by atoms with E-state index in [1.165, 1.54) is 0 Å². The zero-order valence-corrected chi connectivity index (χ0v) is 16.1. The van der Waals surface area contributed by atoms with Gasteiger partial charge in [0, 0.05) is 18.2 Å². The van der Waals surface area contributed by atoms with E-state index in [9.17, 15) is 5.11 Å². The Morgan fingerprint density at radius 3 is 2.81 bits per heavy atom. The highest BCUT2D eigenvalue weighted by molar-refractivity contribution is 9.10. The molecule has 0 spiro atoms. The number of aromatic hydroxyl groups is 1. The molecule has 0 aliphatic heterocycles. The lowest BCUT2D eigenvalue weighted by Crippen LogP contribution is -2.07. The van der Waals surface area contributed by atoms with Crippen LogP contribution in [-0.4, -0.2) is 26.8 Å². The highest BCUT2D eigenvalue weighted by Crippen LogP contribution is 2.31. The van der Waals surface area contributed by atoms with Crippen LogP contribution in [0.3, 0.4) is 0 Å². The topological polar surface area (TPSA) is 71.7 Å². The third kappa shape index (κ3) is 3.46. The predicted molar refractivity (Wildman–Crippen MR) is 108 cm³/mol. The summed E-state index contributed by atoms with van der Waals surface area (Å²) < 4.78 is 7.79. The zero-order chi connectivity index (χ0) is 18.8. The molecule has 2 aromatic heterocycles. The second kappa shape index (κ2) is 7.28. The highest BCUT2D eigenvalue weighted by atomic mass is 79.9. The van der Waals surface area contributed by atoms with Crippen molar-refractivity contribution >= 4 is 27.4 Å². The van der Waals surface area contributed by atoms with Gasteiger partial charge in [-0.05, 0) is 45.8 Å². The van der Waals surface area contributed by atoms with Crippen molar-refractivity contribution in [2.24, 2.45) is 0 Å². The zero-order valence-electron chi connectivity index (χ0n) is 14.6. The minimum absolute atomic E-state index is 0.184. The first-order valence-corrected chi connectivity index (χ1v) is 9.14. The molecule has 0 unspecified atom stereocenters. The maximum Gasteiger partial charge on any atom is 0.172 e. The highest BCUT2D eigenvalue weighted by Gasteiger charge is 2.13. The first kappa shape index (κ1) is 17.4. The molecule has 27 heavy (non-hydrogen) atoms. The lowest BCUT2D eigenvalue weighted by molar-refractivity contribution is 0.414. The summed E-state index contributed by atoms with van der Waals surface area (Å²) in [4.78, 5) is 4.64. The Labute approximate surface area is 164 Å². The summed E-state index contributed by atoms with van der Waals surface area (Å²) in [6, 6.07) is 16.9. The van der Waals surface area contributed by atoms with Crippen molar-refractivity contribution < 1.29 is 9.84 Å². The summed E-state index contributed by atoms with van der Waals surface area (Å²) in [6.45, 7) is 0.591. The Morgan fingerprint density at radius 1 is 1.15 bits per heavy atom. The molecule has 0 bridgehead atoms. The Hall–Kier alpha value is -3.06. The van der Waals surface area contributed by atoms with Gasteiger partial charge in [-0.1, -0.05) is 24.3 Å². The SMILES string of the molecule is COc1cccc(CNc2cc(-c3ccccc3O)nc3c(Br)cnn23)c1. The number of anilines is 1. The smallest absolute Gasteiger partial charge is 0.172 e. The number of hydrogen-bond acceptors (Lipinski definition) is 5. The third-order valence-corrected chi connectivity index (χ3v) is 4.78. The van der Waals surface area contributed by atoms with Crippen LogP contribution < -0.4 is 10.1 Å². The van der Waals surface area contributed by atoms with Crippen molar-refractivity contribution in [2.45, 2.75) is 6.54 Å². The van der Waals surface area contributed by atoms with Gasteiger partial charge in [0.15, 0.2) is 5.65 Å². The van der Waals surface area contributed by atoms with E-state index < -0.39 is 0 Å². The maximum absolute atomic E-state index is 10.2. The molecule has 0 amide bonds. The van der Waals surface area contributed by atoms with Crippen molar-refractivity contribution in [3.8, 4) is 22.8 Å². The first-order chi connectivity index (χ1) is 13.2. The van der Waals surface area contributed by atoms with Crippen LogP contribution >= 0.6 is 15.9 Å². The van der Waals surface area contributed by atoms with Crippen LogP contribution in [0.15, 0.2) is 65.3 Å². The fourth-order valence-electron chi connectivity index (χ4n) is 2.87. The number of hydrogen-bond donors (Lipinski definition) is 2. The first-order valence-electron chi connectivity index (χ1n) is 8.35. The van der Waals surface area contributed by atoms with Crippen LogP contribution in [0.4, 0.5) is 5.82 Å². The van der Waals surface area contributed by atoms with E-state index in [1.807, 2.05) is 42.5 Å². The quantitative estimate of drug-likeness (QED) is 0.493. The number of nitrogens with one attached hydrogen (secondary N) is 1. The molecular formula is C20H17BrN4O2. The monoisotopic (exact) mass is 424 g/mol. The molecule has 2 heterocycles. The average molecular weight is 425 g/mol. The standard InChI is InChI=1S/C20H17BrN4O2/c1-27-14-6-4-5-13(9-14)11-22-19-10-17(15-7-2-3-8-18(15)26)24-20-16(21)12-23-25(19)20/h2-10,12,22,26H,11H2,1H3. The van der Waals surface area contributed by atoms with E-state index >= 15 is 0 Å². The van der Waals surface area contributed by atoms with Crippen molar-refractivity contribution in [1.82, 2.24) is 14.6 Å². The van der Waals surface area contributed by atoms with Crippen LogP contribution in [0.2, 0.25) is 0 Å². The van der Waals surface area contributed by atoms with Gasteiger partial charge in [0.2, 0.25) is 0 Å². The Bertz CT molecular complexity index is 1110. The van der Waals surface area contributed by atoms with Gasteiger partial charge < -0.3 is 15.2 Å². The molecule has 0 aliphatic carbocycles. The number of fused-ring (bicyclic) bond motifs is 1. The van der Waals surface area contributed by atoms with Gasteiger partial charge in [-0.15, -0.1) is 0 Å². The van der Waals surface area contributed by atoms with Gasteiger partial charge in [0.05, 0.1) is 23.5 Å². The normalized spacial score (nSPS) is 10.9. The number of rotatable bonds is 5. The number of aromatic nitrogens is 3. The molecule has 0 fully saturated rings. The summed E-state index contributed by atoms with van der Waals surface area (Å²) in [5.41, 5.74) is 3.08. The number of benzene rings is 2. The summed E-state index contributed by atoms with van der Waals surface area (Å²) >= 11 is 3.49. The van der Waals surface area contributed by atoms with E-state index in [0.29, 0.717) is 23.4 Å². The van der Waals surface area contributed by atoms with E-state index in [1.54, 1.807) is 30.0 Å². The number of phenols is 1. The minimum Gasteiger partial charge on any atom is -0.507 e. The van der Waals surface area contributed by atoms with Crippen LogP contribution in [-0.2, 0) is 6.54 Å². The van der Waals surface area contributed by atoms with Crippen molar-refractivity contribution in [3.63, 3.8) is 0 Å². The number of phenolic OH excluding ortho intramolecular Hbond substituents is 1. The summed E-state index contributed by atoms with van der Waals surface area (Å²) in [5, 5.41) is 18.0. The third-order valence-electron chi connectivity index (χ3n) is 4.22. The number of nitrogens with zero attached hydrogens (tertiary/aromatic N) is 3. The van der Waals surface area contributed by atoms with Gasteiger partial charge in [-0.25, -0.2) is 4.98 Å². The van der Waals surface area contributed by atoms with Gasteiger partial charge in [0.1, 0.15) is 17.3 Å². The summed E-state index contributed by atoms with van der Waals surface area (Å²) in [7, 11) is 1.65. The molecule has 0 saturated heterocycles. The lowest BCUT2D eigenvalue weighted by Gasteiger charge is -2.12. The van der Waals surface area contributed by atoms with Crippen molar-refractivity contribution in [3.05, 3.63) is 70.8 Å². The van der Waals surface area contributed by atoms with Crippen molar-refractivity contribution in [2.75, 3.05) is 12.4 Å². The van der Waals surface area contributed by atoms with Gasteiger partial charge in [-0.3, -0.25) is 0 Å². The Balaban J connectivity index is 1.74. The second-order valence-electron chi connectivity index (χ2n) is 5.98. The van der Waals surface area contributed by atoms with E-state index in [4.69, 9.17) is 4.74 Å². The Morgan fingerprint density at radius 2 is 2.00 bits per heavy atom. The molecular weight excluding hydrogens is 408 g/mol. The fraction of sp³-hybridized carbons (Fsp3) is 0.100. The number of ether oxygens (including phenoxy) is 1. The van der Waals surface area contributed by atoms with Gasteiger partial charge in [0.25, 0.3) is 0 Å². The van der Waals surface area contributed by atoms with E-state index in [2.05, 4.69) is 31.3 Å². The lowest BCUT2D eigenvalue weighted by atomic mass is 10.1. The fourth-order valence-corrected chi connectivity index (χ4v) is 3.21. The van der Waals surface area contributed by atoms with Crippen LogP contribution in [0.5, 0.6) is 11.5 Å². The molecule has 136 valence electrons. The van der Waals surface area contributed by atoms with E-state index in [-0.39, 0.29) is 5.75 Å². The molecule has 0 atom stereocenters. The summed E-state index contributed by atoms with van der Waals surface area (Å²) in [5.74, 6) is 1.77. The summed E-state index contributed by atoms with van der Waals surface area (Å²) in [6.07, 6.45) is 1.70. The second-order valence-corrected chi connectivity index (χ2v) is 6.83. The molecule has 7 heteroatoms. The average Bonchev–Trinajstić information content (AvgIpc) is 3.07. The van der Waals surface area contributed by atoms with Crippen molar-refractivity contribution in [1.29, 1.82) is 0 Å².